The summed E-state index contributed by atoms with van der Waals surface area (Å²) in [5, 5.41) is 6.97. The molecule has 1 fully saturated rings. The molecule has 1 saturated heterocycles. The van der Waals surface area contributed by atoms with Crippen LogP contribution in [0.2, 0.25) is 0 Å². The highest BCUT2D eigenvalue weighted by Crippen LogP contribution is 2.25. The van der Waals surface area contributed by atoms with Crippen molar-refractivity contribution in [3.05, 3.63) is 30.7 Å². The Morgan fingerprint density at radius 1 is 1.27 bits per heavy atom. The van der Waals surface area contributed by atoms with Crippen molar-refractivity contribution in [1.82, 2.24) is 20.3 Å². The van der Waals surface area contributed by atoms with Gasteiger partial charge in [0, 0.05) is 44.6 Å². The molecule has 0 spiro atoms. The van der Waals surface area contributed by atoms with Gasteiger partial charge >= 0.3 is 0 Å². The Morgan fingerprint density at radius 3 is 2.77 bits per heavy atom. The third-order valence-corrected chi connectivity index (χ3v) is 3.79. The third-order valence-electron chi connectivity index (χ3n) is 3.79. The zero-order chi connectivity index (χ0) is 15.4. The van der Waals surface area contributed by atoms with Gasteiger partial charge in [-0.1, -0.05) is 0 Å². The highest BCUT2D eigenvalue weighted by Gasteiger charge is 2.17. The van der Waals surface area contributed by atoms with E-state index in [1.165, 1.54) is 6.42 Å². The van der Waals surface area contributed by atoms with Gasteiger partial charge in [0.25, 0.3) is 0 Å². The zero-order valence-electron chi connectivity index (χ0n) is 13.1. The smallest absolute Gasteiger partial charge is 0.171 e. The maximum atomic E-state index is 4.79. The fourth-order valence-corrected chi connectivity index (χ4v) is 2.64. The standard InChI is InChI=1S/C16H22N6/c1-22(2)16-15(20-13-4-3-7-18-10-13)21-14(11-19-16)12-5-8-17-9-6-12/h5-6,8-9,11,13,18H,3-4,7,10H2,1-2H3,(H,20,21)/t13-/m1/s1. The summed E-state index contributed by atoms with van der Waals surface area (Å²) in [4.78, 5) is 15.4. The van der Waals surface area contributed by atoms with Gasteiger partial charge in [-0.2, -0.15) is 0 Å². The molecule has 1 atom stereocenters. The summed E-state index contributed by atoms with van der Waals surface area (Å²) in [6, 6.07) is 4.30. The Kier molecular flexibility index (Phi) is 4.48. The Morgan fingerprint density at radius 2 is 2.09 bits per heavy atom. The van der Waals surface area contributed by atoms with Gasteiger partial charge in [0.15, 0.2) is 11.6 Å². The largest absolute Gasteiger partial charge is 0.363 e. The molecular weight excluding hydrogens is 276 g/mol. The van der Waals surface area contributed by atoms with Crippen LogP contribution in [0.15, 0.2) is 30.7 Å². The van der Waals surface area contributed by atoms with E-state index in [2.05, 4.69) is 20.6 Å². The van der Waals surface area contributed by atoms with Gasteiger partial charge in [-0.25, -0.2) is 9.97 Å². The quantitative estimate of drug-likeness (QED) is 0.897. The van der Waals surface area contributed by atoms with E-state index in [4.69, 9.17) is 4.98 Å². The summed E-state index contributed by atoms with van der Waals surface area (Å²) in [5.41, 5.74) is 1.89. The Labute approximate surface area is 131 Å². The summed E-state index contributed by atoms with van der Waals surface area (Å²) in [5.74, 6) is 1.70. The van der Waals surface area contributed by atoms with Gasteiger partial charge in [-0.15, -0.1) is 0 Å². The number of rotatable bonds is 4. The molecule has 1 aliphatic rings. The molecule has 6 heteroatoms. The van der Waals surface area contributed by atoms with Gasteiger partial charge in [0.2, 0.25) is 0 Å². The van der Waals surface area contributed by atoms with Crippen molar-refractivity contribution < 1.29 is 0 Å². The Hall–Kier alpha value is -2.21. The van der Waals surface area contributed by atoms with E-state index >= 15 is 0 Å². The molecule has 116 valence electrons. The molecule has 3 heterocycles. The van der Waals surface area contributed by atoms with Crippen LogP contribution in [0.5, 0.6) is 0 Å². The first-order chi connectivity index (χ1) is 10.7. The van der Waals surface area contributed by atoms with Crippen LogP contribution >= 0.6 is 0 Å². The van der Waals surface area contributed by atoms with E-state index in [0.717, 1.165) is 42.4 Å². The molecule has 22 heavy (non-hydrogen) atoms. The van der Waals surface area contributed by atoms with Crippen molar-refractivity contribution in [2.45, 2.75) is 18.9 Å². The molecule has 0 aromatic carbocycles. The Balaban J connectivity index is 1.90. The lowest BCUT2D eigenvalue weighted by atomic mass is 10.1. The van der Waals surface area contributed by atoms with Crippen LogP contribution < -0.4 is 15.5 Å². The number of hydrogen-bond donors (Lipinski definition) is 2. The maximum Gasteiger partial charge on any atom is 0.171 e. The lowest BCUT2D eigenvalue weighted by molar-refractivity contribution is 0.479. The summed E-state index contributed by atoms with van der Waals surface area (Å²) in [7, 11) is 3.97. The van der Waals surface area contributed by atoms with Crippen LogP contribution in [0.4, 0.5) is 11.6 Å². The van der Waals surface area contributed by atoms with Crippen LogP contribution in [-0.2, 0) is 0 Å². The summed E-state index contributed by atoms with van der Waals surface area (Å²) in [6.07, 6.45) is 7.70. The lowest BCUT2D eigenvalue weighted by Gasteiger charge is -2.26. The second kappa shape index (κ2) is 6.70. The number of anilines is 2. The normalized spacial score (nSPS) is 18.0. The molecule has 1 aliphatic heterocycles. The average molecular weight is 298 g/mol. The molecule has 0 saturated carbocycles. The van der Waals surface area contributed by atoms with Crippen molar-refractivity contribution in [3.63, 3.8) is 0 Å². The topological polar surface area (TPSA) is 66.0 Å². The van der Waals surface area contributed by atoms with E-state index in [9.17, 15) is 0 Å². The molecule has 2 aromatic rings. The number of hydrogen-bond acceptors (Lipinski definition) is 6. The van der Waals surface area contributed by atoms with Crippen LogP contribution in [0.1, 0.15) is 12.8 Å². The van der Waals surface area contributed by atoms with Crippen molar-refractivity contribution in [1.29, 1.82) is 0 Å². The second-order valence-corrected chi connectivity index (χ2v) is 5.75. The molecule has 2 N–H and O–H groups in total. The van der Waals surface area contributed by atoms with Crippen LogP contribution in [0, 0.1) is 0 Å². The van der Waals surface area contributed by atoms with E-state index in [0.29, 0.717) is 6.04 Å². The van der Waals surface area contributed by atoms with Crippen LogP contribution in [-0.4, -0.2) is 48.2 Å². The first-order valence-electron chi connectivity index (χ1n) is 7.66. The molecule has 0 unspecified atom stereocenters. The van der Waals surface area contributed by atoms with Crippen molar-refractivity contribution in [2.75, 3.05) is 37.4 Å². The molecule has 0 radical (unpaired) electrons. The van der Waals surface area contributed by atoms with Gasteiger partial charge in [0.05, 0.1) is 11.9 Å². The second-order valence-electron chi connectivity index (χ2n) is 5.75. The predicted octanol–water partition coefficient (Wildman–Crippen LogP) is 1.77. The minimum atomic E-state index is 0.398. The Bertz CT molecular complexity index is 607. The van der Waals surface area contributed by atoms with Gasteiger partial charge in [-0.05, 0) is 31.5 Å². The predicted molar refractivity (Wildman–Crippen MR) is 89.1 cm³/mol. The fourth-order valence-electron chi connectivity index (χ4n) is 2.64. The third kappa shape index (κ3) is 3.33. The molecule has 6 nitrogen and oxygen atoms in total. The number of nitrogens with zero attached hydrogens (tertiary/aromatic N) is 4. The highest BCUT2D eigenvalue weighted by molar-refractivity contribution is 5.67. The lowest BCUT2D eigenvalue weighted by Crippen LogP contribution is -2.39. The highest BCUT2D eigenvalue weighted by atomic mass is 15.2. The van der Waals surface area contributed by atoms with E-state index in [-0.39, 0.29) is 0 Å². The molecule has 3 rings (SSSR count). The molecule has 0 amide bonds. The molecule has 2 aromatic heterocycles. The van der Waals surface area contributed by atoms with Crippen LogP contribution in [0.25, 0.3) is 11.3 Å². The molecule has 0 bridgehead atoms. The minimum Gasteiger partial charge on any atom is -0.363 e. The van der Waals surface area contributed by atoms with Crippen molar-refractivity contribution in [3.8, 4) is 11.3 Å². The average Bonchev–Trinajstić information content (AvgIpc) is 2.56. The zero-order valence-corrected chi connectivity index (χ0v) is 13.1. The summed E-state index contributed by atoms with van der Waals surface area (Å²) in [6.45, 7) is 2.06. The number of pyridine rings is 1. The monoisotopic (exact) mass is 298 g/mol. The SMILES string of the molecule is CN(C)c1ncc(-c2ccncc2)nc1N[C@@H]1CCCNC1. The molecular formula is C16H22N6. The summed E-state index contributed by atoms with van der Waals surface area (Å²) < 4.78 is 0. The first-order valence-corrected chi connectivity index (χ1v) is 7.66. The fraction of sp³-hybridized carbons (Fsp3) is 0.438. The van der Waals surface area contributed by atoms with Gasteiger partial charge in [0.1, 0.15) is 0 Å². The first kappa shape index (κ1) is 14.7. The van der Waals surface area contributed by atoms with E-state index < -0.39 is 0 Å². The number of piperidine rings is 1. The van der Waals surface area contributed by atoms with Crippen molar-refractivity contribution in [2.24, 2.45) is 0 Å². The maximum absolute atomic E-state index is 4.79. The van der Waals surface area contributed by atoms with Gasteiger partial charge in [-0.3, -0.25) is 4.98 Å². The minimum absolute atomic E-state index is 0.398. The van der Waals surface area contributed by atoms with E-state index in [1.807, 2.05) is 37.3 Å². The number of aromatic nitrogens is 3. The van der Waals surface area contributed by atoms with Crippen molar-refractivity contribution >= 4 is 11.6 Å². The van der Waals surface area contributed by atoms with Gasteiger partial charge < -0.3 is 15.5 Å². The number of nitrogens with one attached hydrogen (secondary N) is 2. The molecule has 0 aliphatic carbocycles. The van der Waals surface area contributed by atoms with Crippen LogP contribution in [0.3, 0.4) is 0 Å². The summed E-state index contributed by atoms with van der Waals surface area (Å²) >= 11 is 0. The van der Waals surface area contributed by atoms with E-state index in [1.54, 1.807) is 12.4 Å².